The lowest BCUT2D eigenvalue weighted by atomic mass is 10.3. The summed E-state index contributed by atoms with van der Waals surface area (Å²) in [5, 5.41) is 1.21. The Morgan fingerprint density at radius 1 is 1.90 bits per heavy atom. The van der Waals surface area contributed by atoms with E-state index in [0.29, 0.717) is 12.4 Å². The molecule has 1 amide bonds. The van der Waals surface area contributed by atoms with E-state index in [2.05, 4.69) is 0 Å². The minimum Gasteiger partial charge on any atom is -0.318 e. The zero-order valence-electron chi connectivity index (χ0n) is 5.42. The minimum absolute atomic E-state index is 0.180. The third kappa shape index (κ3) is 1.39. The molecule has 0 aromatic rings. The van der Waals surface area contributed by atoms with Crippen molar-refractivity contribution < 1.29 is 9.63 Å². The molecule has 1 heterocycles. The van der Waals surface area contributed by atoms with E-state index < -0.39 is 6.04 Å². The van der Waals surface area contributed by atoms with Gasteiger partial charge in [0, 0.05) is 5.88 Å². The first-order chi connectivity index (χ1) is 4.75. The molecule has 1 aliphatic heterocycles. The molecule has 1 rings (SSSR count). The Morgan fingerprint density at radius 2 is 2.60 bits per heavy atom. The number of carbonyl (C=O) groups excluding carboxylic acids is 1. The Morgan fingerprint density at radius 3 is 3.00 bits per heavy atom. The van der Waals surface area contributed by atoms with E-state index in [0.717, 1.165) is 0 Å². The first kappa shape index (κ1) is 7.78. The molecule has 1 fully saturated rings. The zero-order valence-corrected chi connectivity index (χ0v) is 6.17. The van der Waals surface area contributed by atoms with E-state index in [1.807, 2.05) is 0 Å². The highest BCUT2D eigenvalue weighted by Gasteiger charge is 2.29. The number of alkyl halides is 1. The predicted octanol–water partition coefficient (Wildman–Crippen LogP) is -0.674. The number of hydroxylamine groups is 2. The van der Waals surface area contributed by atoms with Crippen LogP contribution in [0.4, 0.5) is 0 Å². The molecule has 1 atom stereocenters. The molecule has 10 heavy (non-hydrogen) atoms. The lowest BCUT2D eigenvalue weighted by molar-refractivity contribution is -0.160. The molecule has 1 unspecified atom stereocenters. The molecule has 1 aliphatic rings. The molecule has 0 aliphatic carbocycles. The second-order valence-electron chi connectivity index (χ2n) is 2.03. The summed E-state index contributed by atoms with van der Waals surface area (Å²) in [6.07, 6.45) is 0. The van der Waals surface area contributed by atoms with Crippen molar-refractivity contribution in [3.63, 3.8) is 0 Å². The summed E-state index contributed by atoms with van der Waals surface area (Å²) in [4.78, 5) is 15.8. The Hall–Kier alpha value is -0.320. The Labute approximate surface area is 63.8 Å². The van der Waals surface area contributed by atoms with Gasteiger partial charge in [-0.15, -0.1) is 11.6 Å². The topological polar surface area (TPSA) is 55.6 Å². The van der Waals surface area contributed by atoms with Crippen molar-refractivity contribution in [3.05, 3.63) is 0 Å². The van der Waals surface area contributed by atoms with Crippen LogP contribution in [0.5, 0.6) is 0 Å². The highest BCUT2D eigenvalue weighted by atomic mass is 35.5. The summed E-state index contributed by atoms with van der Waals surface area (Å²) >= 11 is 5.38. The summed E-state index contributed by atoms with van der Waals surface area (Å²) in [5.74, 6) is 0.194. The van der Waals surface area contributed by atoms with Crippen molar-refractivity contribution in [1.82, 2.24) is 5.06 Å². The Bertz CT molecular complexity index is 140. The van der Waals surface area contributed by atoms with Crippen LogP contribution in [0.3, 0.4) is 0 Å². The van der Waals surface area contributed by atoms with Crippen molar-refractivity contribution in [3.8, 4) is 0 Å². The van der Waals surface area contributed by atoms with E-state index in [1.165, 1.54) is 5.06 Å². The van der Waals surface area contributed by atoms with Gasteiger partial charge in [-0.25, -0.2) is 5.06 Å². The van der Waals surface area contributed by atoms with Crippen molar-refractivity contribution in [2.24, 2.45) is 5.73 Å². The minimum atomic E-state index is -0.497. The fraction of sp³-hybridized carbons (Fsp3) is 0.800. The molecule has 58 valence electrons. The third-order valence-corrected chi connectivity index (χ3v) is 1.43. The number of hydrogen-bond donors (Lipinski definition) is 1. The van der Waals surface area contributed by atoms with Gasteiger partial charge in [-0.2, -0.15) is 0 Å². The Kier molecular flexibility index (Phi) is 2.48. The zero-order chi connectivity index (χ0) is 7.56. The number of rotatable bonds is 2. The van der Waals surface area contributed by atoms with Gasteiger partial charge in [-0.1, -0.05) is 0 Å². The highest BCUT2D eigenvalue weighted by Crippen LogP contribution is 2.04. The maximum absolute atomic E-state index is 10.9. The van der Waals surface area contributed by atoms with Crippen molar-refractivity contribution >= 4 is 17.5 Å². The van der Waals surface area contributed by atoms with E-state index in [1.54, 1.807) is 0 Å². The largest absolute Gasteiger partial charge is 0.318 e. The second-order valence-corrected chi connectivity index (χ2v) is 2.41. The fourth-order valence-corrected chi connectivity index (χ4v) is 0.895. The molecule has 0 spiro atoms. The van der Waals surface area contributed by atoms with E-state index >= 15 is 0 Å². The molecule has 4 nitrogen and oxygen atoms in total. The first-order valence-electron chi connectivity index (χ1n) is 3.01. The van der Waals surface area contributed by atoms with Crippen LogP contribution in [0.15, 0.2) is 0 Å². The molecule has 0 bridgehead atoms. The quantitative estimate of drug-likeness (QED) is 0.551. The standard InChI is InChI=1S/C5H9ClN2O2/c6-1-2-8-5(9)4(7)3-10-8/h4H,1-3,7H2. The lowest BCUT2D eigenvalue weighted by Crippen LogP contribution is -2.35. The van der Waals surface area contributed by atoms with E-state index in [-0.39, 0.29) is 12.5 Å². The van der Waals surface area contributed by atoms with Crippen molar-refractivity contribution in [2.45, 2.75) is 6.04 Å². The molecule has 0 radical (unpaired) electrons. The van der Waals surface area contributed by atoms with Crippen LogP contribution >= 0.6 is 11.6 Å². The lowest BCUT2D eigenvalue weighted by Gasteiger charge is -2.10. The molecule has 5 heteroatoms. The number of carbonyl (C=O) groups is 1. The second kappa shape index (κ2) is 3.18. The van der Waals surface area contributed by atoms with Gasteiger partial charge in [0.05, 0.1) is 13.2 Å². The number of halogens is 1. The average Bonchev–Trinajstić information content (AvgIpc) is 2.20. The molecule has 1 saturated heterocycles. The van der Waals surface area contributed by atoms with Gasteiger partial charge < -0.3 is 5.73 Å². The van der Waals surface area contributed by atoms with Crippen LogP contribution in [0.1, 0.15) is 0 Å². The van der Waals surface area contributed by atoms with Gasteiger partial charge in [0.2, 0.25) is 0 Å². The Balaban J connectivity index is 2.41. The van der Waals surface area contributed by atoms with Crippen molar-refractivity contribution in [1.29, 1.82) is 0 Å². The molecule has 0 aromatic carbocycles. The summed E-state index contributed by atoms with van der Waals surface area (Å²) in [5.41, 5.74) is 5.34. The van der Waals surface area contributed by atoms with Crippen LogP contribution < -0.4 is 5.73 Å². The SMILES string of the molecule is NC1CON(CCCl)C1=O. The van der Waals surface area contributed by atoms with Gasteiger partial charge in [0.25, 0.3) is 5.91 Å². The van der Waals surface area contributed by atoms with Gasteiger partial charge in [0.15, 0.2) is 0 Å². The fourth-order valence-electron chi connectivity index (χ4n) is 0.742. The third-order valence-electron chi connectivity index (χ3n) is 1.26. The molecule has 2 N–H and O–H groups in total. The van der Waals surface area contributed by atoms with Crippen LogP contribution in [0.2, 0.25) is 0 Å². The smallest absolute Gasteiger partial charge is 0.265 e. The maximum Gasteiger partial charge on any atom is 0.265 e. The van der Waals surface area contributed by atoms with Gasteiger partial charge in [-0.05, 0) is 0 Å². The predicted molar refractivity (Wildman–Crippen MR) is 36.4 cm³/mol. The molecule has 0 saturated carbocycles. The van der Waals surface area contributed by atoms with Crippen molar-refractivity contribution in [2.75, 3.05) is 19.0 Å². The van der Waals surface area contributed by atoms with Crippen LogP contribution in [-0.2, 0) is 9.63 Å². The molecule has 0 aromatic heterocycles. The normalized spacial score (nSPS) is 26.0. The van der Waals surface area contributed by atoms with Crippen LogP contribution in [0, 0.1) is 0 Å². The van der Waals surface area contributed by atoms with E-state index in [4.69, 9.17) is 22.2 Å². The average molecular weight is 165 g/mol. The number of amides is 1. The van der Waals surface area contributed by atoms with Gasteiger partial charge in [-0.3, -0.25) is 9.63 Å². The number of nitrogens with two attached hydrogens (primary N) is 1. The van der Waals surface area contributed by atoms with Crippen LogP contribution in [-0.4, -0.2) is 36.0 Å². The summed E-state index contributed by atoms with van der Waals surface area (Å²) in [7, 11) is 0. The maximum atomic E-state index is 10.9. The summed E-state index contributed by atoms with van der Waals surface area (Å²) < 4.78 is 0. The highest BCUT2D eigenvalue weighted by molar-refractivity contribution is 6.18. The molecular formula is C5H9ClN2O2. The van der Waals surface area contributed by atoms with Gasteiger partial charge >= 0.3 is 0 Å². The first-order valence-corrected chi connectivity index (χ1v) is 3.55. The number of nitrogens with zero attached hydrogens (tertiary/aromatic N) is 1. The van der Waals surface area contributed by atoms with Crippen LogP contribution in [0.25, 0.3) is 0 Å². The van der Waals surface area contributed by atoms with Gasteiger partial charge in [0.1, 0.15) is 6.04 Å². The number of hydrogen-bond acceptors (Lipinski definition) is 3. The monoisotopic (exact) mass is 164 g/mol. The summed E-state index contributed by atoms with van der Waals surface area (Å²) in [6, 6.07) is -0.497. The molecular weight excluding hydrogens is 156 g/mol. The summed E-state index contributed by atoms with van der Waals surface area (Å²) in [6.45, 7) is 0.684. The van der Waals surface area contributed by atoms with E-state index in [9.17, 15) is 4.79 Å².